The molecule has 5 heteroatoms. The first kappa shape index (κ1) is 8.34. The summed E-state index contributed by atoms with van der Waals surface area (Å²) in [5.74, 6) is 0. The van der Waals surface area contributed by atoms with Crippen LogP contribution in [0, 0.1) is 12.3 Å². The lowest BCUT2D eigenvalue weighted by atomic mass is 10.2. The summed E-state index contributed by atoms with van der Waals surface area (Å²) < 4.78 is 4.79. The summed E-state index contributed by atoms with van der Waals surface area (Å²) in [6.07, 6.45) is 3.70. The van der Waals surface area contributed by atoms with Crippen molar-refractivity contribution in [1.82, 2.24) is 5.27 Å². The summed E-state index contributed by atoms with van der Waals surface area (Å²) in [6, 6.07) is 0. The largest absolute Gasteiger partial charge is 0.380 e. The van der Waals surface area contributed by atoms with Gasteiger partial charge in [0.1, 0.15) is 0 Å². The monoisotopic (exact) mass is 182 g/mol. The topological polar surface area (TPSA) is 58.2 Å². The van der Waals surface area contributed by atoms with E-state index in [2.05, 4.69) is 10.3 Å². The van der Waals surface area contributed by atoms with Crippen molar-refractivity contribution >= 4 is 0 Å². The van der Waals surface area contributed by atoms with Crippen molar-refractivity contribution in [2.24, 2.45) is 0 Å². The Bertz CT molecular complexity index is 334. The Morgan fingerprint density at radius 1 is 1.38 bits per heavy atom. The van der Waals surface area contributed by atoms with Crippen LogP contribution >= 0.6 is 0 Å². The van der Waals surface area contributed by atoms with Gasteiger partial charge in [-0.1, -0.05) is 11.2 Å². The van der Waals surface area contributed by atoms with E-state index in [0.29, 0.717) is 0 Å². The Morgan fingerprint density at radius 3 is 2.62 bits per heavy atom. The highest BCUT2D eigenvalue weighted by Crippen LogP contribution is 2.03. The molecule has 13 heavy (non-hydrogen) atoms. The zero-order chi connectivity index (χ0) is 9.26. The van der Waals surface area contributed by atoms with Gasteiger partial charge in [0.2, 0.25) is 0 Å². The number of hydrogen-bond donors (Lipinski definition) is 1. The minimum Gasteiger partial charge on any atom is -0.380 e. The number of nitrogens with one attached hydrogen (secondary N) is 1. The van der Waals surface area contributed by atoms with Crippen LogP contribution in [0.3, 0.4) is 0 Å². The molecule has 0 unspecified atom stereocenters. The van der Waals surface area contributed by atoms with Crippen LogP contribution in [0.15, 0.2) is 4.52 Å². The normalized spacial score (nSPS) is 17.8. The van der Waals surface area contributed by atoms with Crippen molar-refractivity contribution < 1.29 is 9.31 Å². The van der Waals surface area contributed by atoms with Crippen LogP contribution < -0.4 is 20.6 Å². The molecule has 5 nitrogen and oxygen atoms in total. The maximum Gasteiger partial charge on any atom is 0.289 e. The smallest absolute Gasteiger partial charge is 0.289 e. The molecule has 1 fully saturated rings. The molecular formula is C8H14N4O. The molecule has 0 atom stereocenters. The van der Waals surface area contributed by atoms with Gasteiger partial charge in [0.25, 0.3) is 11.2 Å². The molecule has 0 aliphatic carbocycles. The lowest BCUT2D eigenvalue weighted by molar-refractivity contribution is -0.769. The molecule has 1 aliphatic rings. The fourth-order valence-corrected chi connectivity index (χ4v) is 1.63. The van der Waals surface area contributed by atoms with E-state index in [4.69, 9.17) is 9.93 Å². The van der Waals surface area contributed by atoms with E-state index >= 15 is 0 Å². The van der Waals surface area contributed by atoms with E-state index in [-0.39, 0.29) is 5.55 Å². The average Bonchev–Trinajstić information content (AvgIpc) is 2.49. The molecule has 0 saturated carbocycles. The van der Waals surface area contributed by atoms with Crippen LogP contribution in [0.2, 0.25) is 0 Å². The van der Waals surface area contributed by atoms with Gasteiger partial charge in [-0.15, -0.1) is 0 Å². The van der Waals surface area contributed by atoms with Crippen LogP contribution in [0.4, 0.5) is 0 Å². The molecule has 0 bridgehead atoms. The molecule has 1 aliphatic heterocycles. The fourth-order valence-electron chi connectivity index (χ4n) is 1.63. The van der Waals surface area contributed by atoms with Crippen LogP contribution in [0.1, 0.15) is 25.0 Å². The predicted molar refractivity (Wildman–Crippen MR) is 44.6 cm³/mol. The van der Waals surface area contributed by atoms with E-state index in [1.807, 2.05) is 6.92 Å². The molecule has 1 aromatic rings. The molecule has 2 heterocycles. The summed E-state index contributed by atoms with van der Waals surface area (Å²) in [5.41, 5.74) is 0.937. The van der Waals surface area contributed by atoms with E-state index in [1.165, 1.54) is 19.3 Å². The first-order valence-electron chi connectivity index (χ1n) is 4.64. The van der Waals surface area contributed by atoms with Crippen molar-refractivity contribution in [3.05, 3.63) is 11.2 Å². The highest BCUT2D eigenvalue weighted by molar-refractivity contribution is 4.79. The molecule has 0 amide bonds. The average molecular weight is 182 g/mol. The van der Waals surface area contributed by atoms with Crippen LogP contribution in [0.25, 0.3) is 0 Å². The Morgan fingerprint density at radius 2 is 2.08 bits per heavy atom. The molecule has 1 N–H and O–H groups in total. The van der Waals surface area contributed by atoms with Gasteiger partial charge in [0.05, 0.1) is 0 Å². The number of hydrogen-bond acceptors (Lipinski definition) is 3. The van der Waals surface area contributed by atoms with Crippen molar-refractivity contribution in [2.75, 3.05) is 18.1 Å². The molecule has 1 aromatic heterocycles. The second kappa shape index (κ2) is 3.24. The summed E-state index contributed by atoms with van der Waals surface area (Å²) in [7, 11) is 0. The molecule has 72 valence electrons. The molecule has 1 saturated heterocycles. The molecule has 0 radical (unpaired) electrons. The zero-order valence-corrected chi connectivity index (χ0v) is 7.79. The van der Waals surface area contributed by atoms with Gasteiger partial charge in [-0.05, 0) is 18.1 Å². The molecular weight excluding hydrogens is 168 g/mol. The van der Waals surface area contributed by atoms with Crippen molar-refractivity contribution in [3.8, 4) is 0 Å². The zero-order valence-electron chi connectivity index (χ0n) is 7.79. The number of piperidine rings is 1. The van der Waals surface area contributed by atoms with Crippen LogP contribution in [-0.2, 0) is 0 Å². The van der Waals surface area contributed by atoms with Crippen molar-refractivity contribution in [1.29, 1.82) is 5.41 Å². The van der Waals surface area contributed by atoms with Gasteiger partial charge in [-0.25, -0.2) is 0 Å². The van der Waals surface area contributed by atoms with Crippen molar-refractivity contribution in [3.63, 3.8) is 0 Å². The first-order valence-corrected chi connectivity index (χ1v) is 4.64. The minimum atomic E-state index is 0.158. The maximum atomic E-state index is 7.38. The lowest BCUT2D eigenvalue weighted by Crippen LogP contribution is -2.63. The van der Waals surface area contributed by atoms with Gasteiger partial charge < -0.3 is 4.52 Å². The summed E-state index contributed by atoms with van der Waals surface area (Å²) in [6.45, 7) is 3.88. The third-order valence-electron chi connectivity index (χ3n) is 2.44. The van der Waals surface area contributed by atoms with Gasteiger partial charge in [0.15, 0.2) is 0 Å². The van der Waals surface area contributed by atoms with Gasteiger partial charge in [0, 0.05) is 20.0 Å². The van der Waals surface area contributed by atoms with Crippen LogP contribution in [-0.4, -0.2) is 13.1 Å². The van der Waals surface area contributed by atoms with E-state index in [1.54, 1.807) is 4.79 Å². The Kier molecular flexibility index (Phi) is 2.08. The number of aromatic nitrogens is 2. The third-order valence-corrected chi connectivity index (χ3v) is 2.44. The SMILES string of the molecule is Cc1c(=N)o[n-][n+]1N1CCCCC1. The Hall–Kier alpha value is -1.26. The summed E-state index contributed by atoms with van der Waals surface area (Å²) in [4.78, 5) is 1.71. The highest BCUT2D eigenvalue weighted by atomic mass is 16.5. The second-order valence-corrected chi connectivity index (χ2v) is 3.39. The van der Waals surface area contributed by atoms with Crippen molar-refractivity contribution in [2.45, 2.75) is 26.2 Å². The van der Waals surface area contributed by atoms with E-state index < -0.39 is 0 Å². The quantitative estimate of drug-likeness (QED) is 0.592. The number of rotatable bonds is 1. The predicted octanol–water partition coefficient (Wildman–Crippen LogP) is -0.566. The minimum absolute atomic E-state index is 0.158. The first-order chi connectivity index (χ1) is 6.29. The molecule has 0 spiro atoms. The second-order valence-electron chi connectivity index (χ2n) is 3.39. The van der Waals surface area contributed by atoms with Gasteiger partial charge in [-0.2, -0.15) is 0 Å². The Labute approximate surface area is 76.4 Å². The summed E-state index contributed by atoms with van der Waals surface area (Å²) in [5, 5.41) is 13.3. The van der Waals surface area contributed by atoms with Gasteiger partial charge >= 0.3 is 0 Å². The molecule has 2 rings (SSSR count). The number of nitrogens with zero attached hydrogens (tertiary/aromatic N) is 3. The molecule has 0 aromatic carbocycles. The summed E-state index contributed by atoms with van der Waals surface area (Å²) >= 11 is 0. The van der Waals surface area contributed by atoms with Crippen LogP contribution in [0.5, 0.6) is 0 Å². The Balaban J connectivity index is 2.23. The fraction of sp³-hybridized carbons (Fsp3) is 0.750. The van der Waals surface area contributed by atoms with Gasteiger partial charge in [-0.3, -0.25) is 10.4 Å². The third kappa shape index (κ3) is 1.46. The lowest BCUT2D eigenvalue weighted by Gasteiger charge is -2.27. The maximum absolute atomic E-state index is 7.38. The highest BCUT2D eigenvalue weighted by Gasteiger charge is 2.16. The standard InChI is InChI=1S/C8H14N4O/c1-7-8(9)13-10-12(7)11-5-3-2-4-6-11/h9H,2-6H2,1H3. The van der Waals surface area contributed by atoms with E-state index in [9.17, 15) is 0 Å². The van der Waals surface area contributed by atoms with E-state index in [0.717, 1.165) is 18.8 Å².